The lowest BCUT2D eigenvalue weighted by Gasteiger charge is -2.22. The van der Waals surface area contributed by atoms with Gasteiger partial charge in [-0.2, -0.15) is 0 Å². The number of thioether (sulfide) groups is 1. The first-order valence-corrected chi connectivity index (χ1v) is 5.71. The molecular weight excluding hydrogens is 230 g/mol. The van der Waals surface area contributed by atoms with Crippen molar-refractivity contribution in [1.82, 2.24) is 5.32 Å². The minimum absolute atomic E-state index is 0.281. The fourth-order valence-corrected chi connectivity index (χ4v) is 1.82. The summed E-state index contributed by atoms with van der Waals surface area (Å²) in [5, 5.41) is 3.72. The van der Waals surface area contributed by atoms with E-state index in [1.807, 2.05) is 0 Å². The third kappa shape index (κ3) is 3.44. The maximum Gasteiger partial charge on any atom is 0.354 e. The number of carbonyl (C=O) groups excluding carboxylic acids is 2. The molecule has 1 aliphatic heterocycles. The average molecular weight is 245 g/mol. The van der Waals surface area contributed by atoms with Gasteiger partial charge >= 0.3 is 11.9 Å². The quantitative estimate of drug-likeness (QED) is 0.732. The summed E-state index contributed by atoms with van der Waals surface area (Å²) in [5.74, 6) is -0.883. The summed E-state index contributed by atoms with van der Waals surface area (Å²) in [5.41, 5.74) is -0.253. The highest BCUT2D eigenvalue weighted by Gasteiger charge is 2.31. The number of hydrogen-bond acceptors (Lipinski definition) is 6. The second-order valence-corrected chi connectivity index (χ2v) is 5.20. The monoisotopic (exact) mass is 245 g/mol. The van der Waals surface area contributed by atoms with Crippen LogP contribution in [0.2, 0.25) is 0 Å². The van der Waals surface area contributed by atoms with Crippen LogP contribution < -0.4 is 5.32 Å². The van der Waals surface area contributed by atoms with Gasteiger partial charge in [-0.25, -0.2) is 9.59 Å². The summed E-state index contributed by atoms with van der Waals surface area (Å²) in [7, 11) is 1.29. The molecule has 0 fully saturated rings. The summed E-state index contributed by atoms with van der Waals surface area (Å²) in [6, 6.07) is 0. The van der Waals surface area contributed by atoms with E-state index in [-0.39, 0.29) is 5.70 Å². The molecular formula is C10H15NO4S. The zero-order chi connectivity index (χ0) is 12.3. The lowest BCUT2D eigenvalue weighted by atomic mass is 10.2. The van der Waals surface area contributed by atoms with Gasteiger partial charge in [0, 0.05) is 5.41 Å². The zero-order valence-electron chi connectivity index (χ0n) is 9.70. The van der Waals surface area contributed by atoms with E-state index >= 15 is 0 Å². The largest absolute Gasteiger partial charge is 0.464 e. The number of hydrogen-bond donors (Lipinski definition) is 1. The third-order valence-electron chi connectivity index (χ3n) is 1.63. The van der Waals surface area contributed by atoms with E-state index in [1.165, 1.54) is 18.9 Å². The third-order valence-corrected chi connectivity index (χ3v) is 2.59. The van der Waals surface area contributed by atoms with Crippen molar-refractivity contribution in [3.05, 3.63) is 11.1 Å². The molecule has 0 saturated carbocycles. The van der Waals surface area contributed by atoms with Crippen molar-refractivity contribution >= 4 is 23.7 Å². The van der Waals surface area contributed by atoms with Crippen molar-refractivity contribution in [3.8, 4) is 0 Å². The van der Waals surface area contributed by atoms with Crippen molar-refractivity contribution in [2.24, 2.45) is 0 Å². The van der Waals surface area contributed by atoms with Crippen LogP contribution in [0.4, 0.5) is 0 Å². The molecule has 1 atom stereocenters. The van der Waals surface area contributed by atoms with Crippen molar-refractivity contribution in [2.45, 2.75) is 31.7 Å². The Morgan fingerprint density at radius 3 is 2.56 bits per heavy atom. The molecule has 1 rings (SSSR count). The molecule has 0 aromatic heterocycles. The van der Waals surface area contributed by atoms with Gasteiger partial charge in [-0.1, -0.05) is 11.8 Å². The smallest absolute Gasteiger partial charge is 0.354 e. The van der Waals surface area contributed by atoms with E-state index in [4.69, 9.17) is 4.74 Å². The summed E-state index contributed by atoms with van der Waals surface area (Å²) in [6.07, 6.45) is 0. The second-order valence-electron chi connectivity index (χ2n) is 4.22. The van der Waals surface area contributed by atoms with Crippen LogP contribution in [0, 0.1) is 0 Å². The predicted octanol–water partition coefficient (Wildman–Crippen LogP) is 1.00. The Morgan fingerprint density at radius 1 is 1.44 bits per heavy atom. The highest BCUT2D eigenvalue weighted by Crippen LogP contribution is 2.24. The SMILES string of the molecule is COC(=O)C1=CSC(C(=O)OC(C)(C)C)N1. The minimum atomic E-state index is -0.576. The molecule has 1 heterocycles. The maximum atomic E-state index is 11.6. The van der Waals surface area contributed by atoms with Gasteiger partial charge in [0.2, 0.25) is 0 Å². The van der Waals surface area contributed by atoms with Crippen molar-refractivity contribution in [2.75, 3.05) is 7.11 Å². The van der Waals surface area contributed by atoms with Gasteiger partial charge in [-0.15, -0.1) is 0 Å². The molecule has 0 amide bonds. The van der Waals surface area contributed by atoms with Gasteiger partial charge in [0.25, 0.3) is 0 Å². The van der Waals surface area contributed by atoms with Crippen LogP contribution in [-0.4, -0.2) is 30.0 Å². The standard InChI is InChI=1S/C10H15NO4S/c1-10(2,3)15-9(13)7-11-6(5-16-7)8(12)14-4/h5,7,11H,1-4H3. The highest BCUT2D eigenvalue weighted by atomic mass is 32.2. The van der Waals surface area contributed by atoms with Crippen LogP contribution in [-0.2, 0) is 19.1 Å². The predicted molar refractivity (Wildman–Crippen MR) is 60.5 cm³/mol. The Morgan fingerprint density at radius 2 is 2.06 bits per heavy atom. The first-order valence-electron chi connectivity index (χ1n) is 4.77. The molecule has 0 bridgehead atoms. The number of rotatable bonds is 2. The van der Waals surface area contributed by atoms with E-state index in [1.54, 1.807) is 26.2 Å². The molecule has 1 unspecified atom stereocenters. The molecule has 0 aromatic rings. The zero-order valence-corrected chi connectivity index (χ0v) is 10.5. The first kappa shape index (κ1) is 12.9. The summed E-state index contributed by atoms with van der Waals surface area (Å²) >= 11 is 1.19. The highest BCUT2D eigenvalue weighted by molar-refractivity contribution is 8.03. The van der Waals surface area contributed by atoms with Gasteiger partial charge < -0.3 is 14.8 Å². The minimum Gasteiger partial charge on any atom is -0.464 e. The number of ether oxygens (including phenoxy) is 2. The second kappa shape index (κ2) is 4.78. The molecule has 0 spiro atoms. The van der Waals surface area contributed by atoms with Gasteiger partial charge in [0.15, 0.2) is 5.37 Å². The number of methoxy groups -OCH3 is 1. The molecule has 0 saturated heterocycles. The van der Waals surface area contributed by atoms with Crippen LogP contribution in [0.5, 0.6) is 0 Å². The summed E-state index contributed by atoms with van der Waals surface area (Å²) in [4.78, 5) is 22.8. The molecule has 0 aromatic carbocycles. The molecule has 1 aliphatic rings. The Kier molecular flexibility index (Phi) is 3.85. The van der Waals surface area contributed by atoms with E-state index < -0.39 is 22.9 Å². The van der Waals surface area contributed by atoms with E-state index in [0.717, 1.165) is 0 Å². The summed E-state index contributed by atoms with van der Waals surface area (Å²) in [6.45, 7) is 5.37. The Hall–Kier alpha value is -1.17. The van der Waals surface area contributed by atoms with Gasteiger partial charge in [0.05, 0.1) is 7.11 Å². The van der Waals surface area contributed by atoms with Crippen LogP contribution >= 0.6 is 11.8 Å². The molecule has 16 heavy (non-hydrogen) atoms. The normalized spacial score (nSPS) is 19.8. The topological polar surface area (TPSA) is 64.6 Å². The Labute approximate surface area is 98.6 Å². The molecule has 0 radical (unpaired) electrons. The number of carbonyl (C=O) groups is 2. The lowest BCUT2D eigenvalue weighted by Crippen LogP contribution is -2.37. The van der Waals surface area contributed by atoms with Crippen LogP contribution in [0.15, 0.2) is 11.1 Å². The molecule has 5 nitrogen and oxygen atoms in total. The average Bonchev–Trinajstić information content (AvgIpc) is 2.62. The van der Waals surface area contributed by atoms with Crippen LogP contribution in [0.3, 0.4) is 0 Å². The summed E-state index contributed by atoms with van der Waals surface area (Å²) < 4.78 is 9.70. The number of esters is 2. The van der Waals surface area contributed by atoms with E-state index in [2.05, 4.69) is 10.1 Å². The Bertz CT molecular complexity index is 332. The first-order chi connectivity index (χ1) is 7.33. The number of nitrogens with one attached hydrogen (secondary N) is 1. The van der Waals surface area contributed by atoms with Crippen molar-refractivity contribution in [1.29, 1.82) is 0 Å². The van der Waals surface area contributed by atoms with Crippen LogP contribution in [0.25, 0.3) is 0 Å². The fourth-order valence-electron chi connectivity index (χ4n) is 1.03. The Balaban J connectivity index is 2.50. The van der Waals surface area contributed by atoms with Crippen molar-refractivity contribution < 1.29 is 19.1 Å². The van der Waals surface area contributed by atoms with Gasteiger partial charge in [-0.3, -0.25) is 0 Å². The fraction of sp³-hybridized carbons (Fsp3) is 0.600. The lowest BCUT2D eigenvalue weighted by molar-refractivity contribution is -0.154. The molecule has 0 aliphatic carbocycles. The van der Waals surface area contributed by atoms with E-state index in [9.17, 15) is 9.59 Å². The van der Waals surface area contributed by atoms with Crippen molar-refractivity contribution in [3.63, 3.8) is 0 Å². The molecule has 90 valence electrons. The maximum absolute atomic E-state index is 11.6. The molecule has 1 N–H and O–H groups in total. The van der Waals surface area contributed by atoms with E-state index in [0.29, 0.717) is 0 Å². The van der Waals surface area contributed by atoms with Crippen LogP contribution in [0.1, 0.15) is 20.8 Å². The van der Waals surface area contributed by atoms with Gasteiger partial charge in [-0.05, 0) is 20.8 Å². The van der Waals surface area contributed by atoms with Gasteiger partial charge in [0.1, 0.15) is 11.3 Å². The molecule has 6 heteroatoms.